The van der Waals surface area contributed by atoms with Crippen molar-refractivity contribution in [1.82, 2.24) is 4.90 Å². The number of anilines is 1. The van der Waals surface area contributed by atoms with Crippen LogP contribution in [0.4, 0.5) is 5.69 Å². The van der Waals surface area contributed by atoms with Gasteiger partial charge in [0.05, 0.1) is 37.2 Å². The van der Waals surface area contributed by atoms with Gasteiger partial charge < -0.3 is 24.8 Å². The predicted octanol–water partition coefficient (Wildman–Crippen LogP) is 2.32. The fraction of sp³-hybridized carbons (Fsp3) is 0.625. The number of aliphatic hydroxyl groups is 1. The fourth-order valence-corrected chi connectivity index (χ4v) is 6.70. The summed E-state index contributed by atoms with van der Waals surface area (Å²) in [5.74, 6) is -2.83. The summed E-state index contributed by atoms with van der Waals surface area (Å²) in [6.07, 6.45) is 0.321. The zero-order valence-corrected chi connectivity index (χ0v) is 20.9. The molecule has 0 saturated carbocycles. The highest BCUT2D eigenvalue weighted by Crippen LogP contribution is 2.60. The molecule has 0 radical (unpaired) electrons. The number of aryl methyl sites for hydroxylation is 2. The molecule has 1 aromatic carbocycles. The maximum Gasteiger partial charge on any atom is 0.312 e. The van der Waals surface area contributed by atoms with Gasteiger partial charge in [-0.25, -0.2) is 0 Å². The Labute approximate surface area is 202 Å². The molecule has 0 aliphatic carbocycles. The van der Waals surface area contributed by atoms with Gasteiger partial charge in [-0.2, -0.15) is 0 Å². The SMILES string of the molecule is CCOC(=O)[C@H]1[C@@H]2O[C@@]3(CC2Br)[C@@H]1C(=O)N([C@@H](CC)CO)[C@@H]3C(=O)Nc1cc(C)ccc1C. The Morgan fingerprint density at radius 1 is 1.36 bits per heavy atom. The Morgan fingerprint density at radius 2 is 2.09 bits per heavy atom. The van der Waals surface area contributed by atoms with E-state index in [1.807, 2.05) is 39.0 Å². The molecular formula is C24H31BrN2O6. The maximum atomic E-state index is 13.8. The fourth-order valence-electron chi connectivity index (χ4n) is 5.75. The van der Waals surface area contributed by atoms with Crippen molar-refractivity contribution in [2.45, 2.75) is 69.2 Å². The quantitative estimate of drug-likeness (QED) is 0.420. The van der Waals surface area contributed by atoms with Crippen LogP contribution in [-0.4, -0.2) is 69.6 Å². The van der Waals surface area contributed by atoms with Crippen LogP contribution in [0.2, 0.25) is 0 Å². The number of carbonyl (C=O) groups is 3. The highest BCUT2D eigenvalue weighted by atomic mass is 79.9. The first-order valence-electron chi connectivity index (χ1n) is 11.5. The number of benzene rings is 1. The topological polar surface area (TPSA) is 105 Å². The summed E-state index contributed by atoms with van der Waals surface area (Å²) >= 11 is 3.62. The molecule has 3 fully saturated rings. The van der Waals surface area contributed by atoms with Crippen LogP contribution in [0.1, 0.15) is 37.8 Å². The van der Waals surface area contributed by atoms with Crippen LogP contribution in [0.5, 0.6) is 0 Å². The van der Waals surface area contributed by atoms with Crippen molar-refractivity contribution in [3.63, 3.8) is 0 Å². The van der Waals surface area contributed by atoms with Crippen molar-refractivity contribution in [3.05, 3.63) is 29.3 Å². The first kappa shape index (κ1) is 24.2. The largest absolute Gasteiger partial charge is 0.466 e. The van der Waals surface area contributed by atoms with Crippen molar-refractivity contribution in [3.8, 4) is 0 Å². The number of hydrogen-bond donors (Lipinski definition) is 2. The average molecular weight is 523 g/mol. The first-order chi connectivity index (χ1) is 15.7. The van der Waals surface area contributed by atoms with Gasteiger partial charge in [-0.3, -0.25) is 14.4 Å². The van der Waals surface area contributed by atoms with Gasteiger partial charge >= 0.3 is 5.97 Å². The second-order valence-corrected chi connectivity index (χ2v) is 10.4. The van der Waals surface area contributed by atoms with Crippen LogP contribution < -0.4 is 5.32 Å². The number of fused-ring (bicyclic) bond motifs is 1. The van der Waals surface area contributed by atoms with Crippen LogP contribution in [0, 0.1) is 25.7 Å². The van der Waals surface area contributed by atoms with Gasteiger partial charge in [0, 0.05) is 10.5 Å². The minimum atomic E-state index is -1.17. The number of halogens is 1. The lowest BCUT2D eigenvalue weighted by molar-refractivity contribution is -0.155. The summed E-state index contributed by atoms with van der Waals surface area (Å²) in [7, 11) is 0. The van der Waals surface area contributed by atoms with E-state index >= 15 is 0 Å². The summed E-state index contributed by atoms with van der Waals surface area (Å²) in [5.41, 5.74) is 1.38. The van der Waals surface area contributed by atoms with E-state index < -0.39 is 41.6 Å². The van der Waals surface area contributed by atoms with Crippen LogP contribution in [0.25, 0.3) is 0 Å². The van der Waals surface area contributed by atoms with E-state index in [-0.39, 0.29) is 29.9 Å². The van der Waals surface area contributed by atoms with Gasteiger partial charge in [0.15, 0.2) is 0 Å². The highest BCUT2D eigenvalue weighted by molar-refractivity contribution is 9.09. The summed E-state index contributed by atoms with van der Waals surface area (Å²) in [5, 5.41) is 13.0. The Hall–Kier alpha value is -1.97. The van der Waals surface area contributed by atoms with Crippen LogP contribution >= 0.6 is 15.9 Å². The van der Waals surface area contributed by atoms with Gasteiger partial charge in [0.1, 0.15) is 11.6 Å². The van der Waals surface area contributed by atoms with Crippen LogP contribution in [-0.2, 0) is 23.9 Å². The van der Waals surface area contributed by atoms with Crippen molar-refractivity contribution in [2.24, 2.45) is 11.8 Å². The lowest BCUT2D eigenvalue weighted by atomic mass is 9.70. The number of nitrogens with zero attached hydrogens (tertiary/aromatic N) is 1. The molecule has 1 spiro atoms. The van der Waals surface area contributed by atoms with Crippen LogP contribution in [0.15, 0.2) is 18.2 Å². The molecule has 2 bridgehead atoms. The standard InChI is InChI=1S/C24H31BrN2O6/c1-5-14(11-28)27-20(21(29)26-16-9-12(3)7-8-13(16)4)24-10-15(25)19(33-24)17(18(24)22(27)30)23(31)32-6-2/h7-9,14-15,17-20,28H,5-6,10-11H2,1-4H3,(H,26,29)/t14-,15?,17+,18-,19+,20+,24-/m0/s1. The van der Waals surface area contributed by atoms with E-state index in [9.17, 15) is 19.5 Å². The Bertz CT molecular complexity index is 966. The molecule has 9 heteroatoms. The number of rotatable bonds is 7. The van der Waals surface area contributed by atoms with E-state index in [4.69, 9.17) is 9.47 Å². The third-order valence-corrected chi connectivity index (χ3v) is 8.11. The van der Waals surface area contributed by atoms with E-state index in [0.717, 1.165) is 11.1 Å². The molecule has 2 N–H and O–H groups in total. The normalized spacial score (nSPS) is 33.2. The lowest BCUT2D eigenvalue weighted by Crippen LogP contribution is -2.56. The number of esters is 1. The number of likely N-dealkylation sites (tertiary alicyclic amines) is 1. The average Bonchev–Trinajstić information content (AvgIpc) is 3.36. The minimum absolute atomic E-state index is 0.192. The number of ether oxygens (including phenoxy) is 2. The van der Waals surface area contributed by atoms with Gasteiger partial charge in [-0.05, 0) is 50.8 Å². The second kappa shape index (κ2) is 9.00. The minimum Gasteiger partial charge on any atom is -0.466 e. The van der Waals surface area contributed by atoms with Gasteiger partial charge in [-0.15, -0.1) is 0 Å². The van der Waals surface area contributed by atoms with Gasteiger partial charge in [-0.1, -0.05) is 35.0 Å². The van der Waals surface area contributed by atoms with Gasteiger partial charge in [0.25, 0.3) is 0 Å². The highest BCUT2D eigenvalue weighted by Gasteiger charge is 2.77. The summed E-state index contributed by atoms with van der Waals surface area (Å²) in [6, 6.07) is 4.23. The Morgan fingerprint density at radius 3 is 2.73 bits per heavy atom. The van der Waals surface area contributed by atoms with Crippen molar-refractivity contribution in [1.29, 1.82) is 0 Å². The molecule has 3 saturated heterocycles. The molecule has 1 unspecified atom stereocenters. The Balaban J connectivity index is 1.78. The molecule has 8 nitrogen and oxygen atoms in total. The zero-order valence-electron chi connectivity index (χ0n) is 19.3. The van der Waals surface area contributed by atoms with Gasteiger partial charge in [0.2, 0.25) is 11.8 Å². The summed E-state index contributed by atoms with van der Waals surface area (Å²) in [6.45, 7) is 7.32. The van der Waals surface area contributed by atoms with Crippen molar-refractivity contribution < 1.29 is 29.0 Å². The summed E-state index contributed by atoms with van der Waals surface area (Å²) < 4.78 is 11.7. The van der Waals surface area contributed by atoms with E-state index in [2.05, 4.69) is 21.2 Å². The number of aliphatic hydroxyl groups excluding tert-OH is 1. The van der Waals surface area contributed by atoms with Crippen molar-refractivity contribution in [2.75, 3.05) is 18.5 Å². The molecule has 33 heavy (non-hydrogen) atoms. The van der Waals surface area contributed by atoms with Crippen molar-refractivity contribution >= 4 is 39.4 Å². The zero-order chi connectivity index (χ0) is 24.1. The molecule has 3 aliphatic heterocycles. The van der Waals surface area contributed by atoms with E-state index in [1.165, 1.54) is 4.90 Å². The summed E-state index contributed by atoms with van der Waals surface area (Å²) in [4.78, 5) is 41.7. The van der Waals surface area contributed by atoms with E-state index in [0.29, 0.717) is 18.5 Å². The lowest BCUT2D eigenvalue weighted by Gasteiger charge is -2.36. The Kier molecular flexibility index (Phi) is 6.59. The second-order valence-electron chi connectivity index (χ2n) is 9.21. The monoisotopic (exact) mass is 522 g/mol. The number of amides is 2. The predicted molar refractivity (Wildman–Crippen MR) is 125 cm³/mol. The molecule has 3 aliphatic rings. The molecule has 4 rings (SSSR count). The molecular weight excluding hydrogens is 492 g/mol. The third kappa shape index (κ3) is 3.68. The molecule has 0 aromatic heterocycles. The number of hydrogen-bond acceptors (Lipinski definition) is 6. The third-order valence-electron chi connectivity index (χ3n) is 7.26. The molecule has 1 aromatic rings. The maximum absolute atomic E-state index is 13.8. The van der Waals surface area contributed by atoms with Crippen LogP contribution in [0.3, 0.4) is 0 Å². The molecule has 7 atom stereocenters. The molecule has 3 heterocycles. The number of alkyl halides is 1. The smallest absolute Gasteiger partial charge is 0.312 e. The molecule has 180 valence electrons. The number of nitrogens with one attached hydrogen (secondary N) is 1. The first-order valence-corrected chi connectivity index (χ1v) is 12.4. The molecule has 2 amide bonds. The number of carbonyl (C=O) groups excluding carboxylic acids is 3. The van der Waals surface area contributed by atoms with E-state index in [1.54, 1.807) is 6.92 Å².